The molecular formula is C30H31N5O5S. The molecule has 1 N–H and O–H groups in total. The van der Waals surface area contributed by atoms with Crippen LogP contribution >= 0.6 is 11.8 Å². The van der Waals surface area contributed by atoms with Gasteiger partial charge in [0.05, 0.1) is 33.1 Å². The van der Waals surface area contributed by atoms with Crippen LogP contribution in [0, 0.1) is 0 Å². The Bertz CT molecular complexity index is 1520. The number of aromatic nitrogens is 3. The molecule has 0 saturated heterocycles. The van der Waals surface area contributed by atoms with Gasteiger partial charge in [-0.3, -0.25) is 14.2 Å². The van der Waals surface area contributed by atoms with Gasteiger partial charge in [0.25, 0.3) is 5.91 Å². The van der Waals surface area contributed by atoms with Crippen LogP contribution in [0.2, 0.25) is 0 Å². The topological polar surface area (TPSA) is 108 Å². The minimum atomic E-state index is -0.319. The standard InChI is InChI=1S/C30H31N5O5S/c1-4-40-23-11-9-22(10-12-23)35-27(18-31-29(37)21-15-24(38-2)17-25(16-21)39-3)32-33-30(35)41-19-28(36)34-14-13-20-7-5-6-8-26(20)34/h5-12,15-17H,4,13-14,18-19H2,1-3H3,(H,31,37). The Morgan fingerprint density at radius 1 is 0.951 bits per heavy atom. The average molecular weight is 574 g/mol. The molecule has 11 heteroatoms. The van der Waals surface area contributed by atoms with E-state index in [4.69, 9.17) is 14.2 Å². The third-order valence-electron chi connectivity index (χ3n) is 6.64. The summed E-state index contributed by atoms with van der Waals surface area (Å²) in [7, 11) is 3.06. The van der Waals surface area contributed by atoms with Gasteiger partial charge in [0.1, 0.15) is 17.2 Å². The van der Waals surface area contributed by atoms with E-state index in [-0.39, 0.29) is 24.1 Å². The van der Waals surface area contributed by atoms with Crippen molar-refractivity contribution in [2.45, 2.75) is 25.0 Å². The molecule has 1 aliphatic rings. The number of hydrogen-bond acceptors (Lipinski definition) is 8. The van der Waals surface area contributed by atoms with Crippen molar-refractivity contribution in [1.29, 1.82) is 0 Å². The quantitative estimate of drug-likeness (QED) is 0.265. The number of thioether (sulfide) groups is 1. The van der Waals surface area contributed by atoms with Crippen LogP contribution in [0.4, 0.5) is 5.69 Å². The summed E-state index contributed by atoms with van der Waals surface area (Å²) in [6.45, 7) is 3.25. The van der Waals surface area contributed by atoms with Gasteiger partial charge in [0, 0.05) is 29.5 Å². The zero-order valence-corrected chi connectivity index (χ0v) is 23.9. The number of methoxy groups -OCH3 is 2. The van der Waals surface area contributed by atoms with E-state index in [9.17, 15) is 9.59 Å². The monoisotopic (exact) mass is 573 g/mol. The van der Waals surface area contributed by atoms with Crippen LogP contribution in [0.15, 0.2) is 71.9 Å². The number of nitrogens with one attached hydrogen (secondary N) is 1. The van der Waals surface area contributed by atoms with Crippen molar-refractivity contribution in [3.8, 4) is 22.9 Å². The number of carbonyl (C=O) groups is 2. The number of para-hydroxylation sites is 1. The van der Waals surface area contributed by atoms with Crippen molar-refractivity contribution >= 4 is 29.3 Å². The Morgan fingerprint density at radius 2 is 1.68 bits per heavy atom. The summed E-state index contributed by atoms with van der Waals surface area (Å²) >= 11 is 1.31. The van der Waals surface area contributed by atoms with E-state index in [1.807, 2.05) is 58.9 Å². The zero-order chi connectivity index (χ0) is 28.8. The van der Waals surface area contributed by atoms with E-state index in [0.29, 0.717) is 41.2 Å². The van der Waals surface area contributed by atoms with Crippen molar-refractivity contribution in [1.82, 2.24) is 20.1 Å². The summed E-state index contributed by atoms with van der Waals surface area (Å²) in [5, 5.41) is 12.2. The number of amides is 2. The molecule has 212 valence electrons. The molecule has 41 heavy (non-hydrogen) atoms. The molecule has 2 heterocycles. The van der Waals surface area contributed by atoms with E-state index in [2.05, 4.69) is 21.6 Å². The molecule has 0 bridgehead atoms. The van der Waals surface area contributed by atoms with E-state index < -0.39 is 0 Å². The zero-order valence-electron chi connectivity index (χ0n) is 23.1. The maximum Gasteiger partial charge on any atom is 0.251 e. The van der Waals surface area contributed by atoms with E-state index in [1.165, 1.54) is 31.5 Å². The lowest BCUT2D eigenvalue weighted by atomic mass is 10.2. The van der Waals surface area contributed by atoms with Gasteiger partial charge in [-0.05, 0) is 61.4 Å². The molecule has 0 fully saturated rings. The highest BCUT2D eigenvalue weighted by atomic mass is 32.2. The molecule has 0 radical (unpaired) electrons. The van der Waals surface area contributed by atoms with Crippen LogP contribution < -0.4 is 24.4 Å². The van der Waals surface area contributed by atoms with Crippen molar-refractivity contribution < 1.29 is 23.8 Å². The first kappa shape index (κ1) is 28.0. The fourth-order valence-electron chi connectivity index (χ4n) is 4.63. The fourth-order valence-corrected chi connectivity index (χ4v) is 5.47. The first-order chi connectivity index (χ1) is 20.0. The Hall–Kier alpha value is -4.51. The Kier molecular flexibility index (Phi) is 8.73. The average Bonchev–Trinajstić information content (AvgIpc) is 3.63. The van der Waals surface area contributed by atoms with Gasteiger partial charge < -0.3 is 24.4 Å². The third kappa shape index (κ3) is 6.30. The predicted octanol–water partition coefficient (Wildman–Crippen LogP) is 4.29. The first-order valence-corrected chi connectivity index (χ1v) is 14.2. The Morgan fingerprint density at radius 3 is 2.39 bits per heavy atom. The third-order valence-corrected chi connectivity index (χ3v) is 7.55. The predicted molar refractivity (Wildman–Crippen MR) is 156 cm³/mol. The van der Waals surface area contributed by atoms with Crippen LogP contribution in [0.1, 0.15) is 28.7 Å². The highest BCUT2D eigenvalue weighted by Gasteiger charge is 2.25. The molecule has 0 saturated carbocycles. The second-order valence-electron chi connectivity index (χ2n) is 9.16. The molecule has 1 aromatic heterocycles. The highest BCUT2D eigenvalue weighted by Crippen LogP contribution is 2.30. The maximum atomic E-state index is 13.2. The van der Waals surface area contributed by atoms with Crippen molar-refractivity contribution in [2.75, 3.05) is 38.0 Å². The number of carbonyl (C=O) groups excluding carboxylic acids is 2. The van der Waals surface area contributed by atoms with Gasteiger partial charge in [-0.2, -0.15) is 0 Å². The number of hydrogen-bond donors (Lipinski definition) is 1. The lowest BCUT2D eigenvalue weighted by Gasteiger charge is -2.17. The van der Waals surface area contributed by atoms with Gasteiger partial charge in [-0.1, -0.05) is 30.0 Å². The molecule has 1 aliphatic heterocycles. The van der Waals surface area contributed by atoms with Crippen molar-refractivity contribution in [3.05, 3.63) is 83.7 Å². The number of rotatable bonds is 11. The Balaban J connectivity index is 1.36. The summed E-state index contributed by atoms with van der Waals surface area (Å²) < 4.78 is 18.0. The van der Waals surface area contributed by atoms with Crippen LogP contribution in [-0.4, -0.2) is 59.7 Å². The van der Waals surface area contributed by atoms with Crippen LogP contribution in [0.3, 0.4) is 0 Å². The van der Waals surface area contributed by atoms with Gasteiger partial charge in [0.15, 0.2) is 11.0 Å². The number of benzene rings is 3. The summed E-state index contributed by atoms with van der Waals surface area (Å²) in [5.41, 5.74) is 3.31. The van der Waals surface area contributed by atoms with E-state index >= 15 is 0 Å². The molecule has 10 nitrogen and oxygen atoms in total. The van der Waals surface area contributed by atoms with Crippen LogP contribution in [0.25, 0.3) is 5.69 Å². The summed E-state index contributed by atoms with van der Waals surface area (Å²) in [6.07, 6.45) is 0.845. The van der Waals surface area contributed by atoms with E-state index in [1.54, 1.807) is 18.2 Å². The summed E-state index contributed by atoms with van der Waals surface area (Å²) in [6, 6.07) is 20.5. The van der Waals surface area contributed by atoms with E-state index in [0.717, 1.165) is 23.5 Å². The fraction of sp³-hybridized carbons (Fsp3) is 0.267. The first-order valence-electron chi connectivity index (χ1n) is 13.2. The second kappa shape index (κ2) is 12.8. The van der Waals surface area contributed by atoms with Crippen LogP contribution in [0.5, 0.6) is 17.2 Å². The SMILES string of the molecule is CCOc1ccc(-n2c(CNC(=O)c3cc(OC)cc(OC)c3)nnc2SCC(=O)N2CCc3ccccc32)cc1. The van der Waals surface area contributed by atoms with Crippen LogP contribution in [-0.2, 0) is 17.8 Å². The molecule has 5 rings (SSSR count). The molecule has 0 atom stereocenters. The largest absolute Gasteiger partial charge is 0.497 e. The molecular weight excluding hydrogens is 542 g/mol. The highest BCUT2D eigenvalue weighted by molar-refractivity contribution is 7.99. The molecule has 0 aliphatic carbocycles. The summed E-state index contributed by atoms with van der Waals surface area (Å²) in [4.78, 5) is 28.0. The molecule has 3 aromatic carbocycles. The number of fused-ring (bicyclic) bond motifs is 1. The smallest absolute Gasteiger partial charge is 0.251 e. The minimum Gasteiger partial charge on any atom is -0.497 e. The van der Waals surface area contributed by atoms with Gasteiger partial charge in [-0.15, -0.1) is 10.2 Å². The second-order valence-corrected chi connectivity index (χ2v) is 10.1. The molecule has 0 unspecified atom stereocenters. The van der Waals surface area contributed by atoms with Gasteiger partial charge >= 0.3 is 0 Å². The minimum absolute atomic E-state index is 0.00280. The number of ether oxygens (including phenoxy) is 3. The maximum absolute atomic E-state index is 13.2. The normalized spacial score (nSPS) is 12.1. The molecule has 2 amide bonds. The van der Waals surface area contributed by atoms with Crippen molar-refractivity contribution in [3.63, 3.8) is 0 Å². The van der Waals surface area contributed by atoms with Crippen molar-refractivity contribution in [2.24, 2.45) is 0 Å². The molecule has 4 aromatic rings. The molecule has 0 spiro atoms. The van der Waals surface area contributed by atoms with Gasteiger partial charge in [0.2, 0.25) is 5.91 Å². The Labute approximate surface area is 242 Å². The number of anilines is 1. The lowest BCUT2D eigenvalue weighted by molar-refractivity contribution is -0.116. The van der Waals surface area contributed by atoms with Gasteiger partial charge in [-0.25, -0.2) is 0 Å². The summed E-state index contributed by atoms with van der Waals surface area (Å²) in [5.74, 6) is 2.15. The number of nitrogens with zero attached hydrogens (tertiary/aromatic N) is 4. The lowest BCUT2D eigenvalue weighted by Crippen LogP contribution is -2.30.